The van der Waals surface area contributed by atoms with Gasteiger partial charge in [-0.05, 0) is 213 Å². The van der Waals surface area contributed by atoms with Crippen molar-refractivity contribution in [2.24, 2.45) is 87.1 Å². The molecule has 34 nitrogen and oxygen atoms in total. The first kappa shape index (κ1) is 100. The molecule has 14 rings (SSSR count). The van der Waals surface area contributed by atoms with Crippen LogP contribution in [0, 0.1) is 0 Å². The third-order valence-corrected chi connectivity index (χ3v) is 19.3. The largest absolute Gasteiger partial charge is 0.387 e. The van der Waals surface area contributed by atoms with Crippen LogP contribution in [0.15, 0.2) is 240 Å². The number of nitrogens with one attached hydrogen (secondary N) is 11. The fourth-order valence-corrected chi connectivity index (χ4v) is 12.9. The molecule has 127 heavy (non-hydrogen) atoms. The molecule has 41 heteroatoms. The van der Waals surface area contributed by atoms with Crippen LogP contribution in [0.1, 0.15) is 79.9 Å². The number of aliphatic imine (C=N–C) groups is 14. The third-order valence-electron chi connectivity index (χ3n) is 17.6. The van der Waals surface area contributed by atoms with E-state index in [-0.39, 0.29) is 43.2 Å². The number of amidine groups is 2. The highest BCUT2D eigenvalue weighted by atomic mass is 35.5. The maximum Gasteiger partial charge on any atom is 0.209 e. The number of guanidine groups is 12. The lowest BCUT2D eigenvalue weighted by atomic mass is 10.1. The van der Waals surface area contributed by atoms with Crippen molar-refractivity contribution < 1.29 is 0 Å². The maximum atomic E-state index is 5.95. The number of nitrogens with zero attached hydrogens (tertiary/aromatic N) is 20. The fourth-order valence-electron chi connectivity index (χ4n) is 11.8. The molecule has 7 aromatic rings. The highest BCUT2D eigenvalue weighted by molar-refractivity contribution is 6.33. The lowest BCUT2D eigenvalue weighted by molar-refractivity contribution is 0.499. The zero-order chi connectivity index (χ0) is 92.6. The van der Waals surface area contributed by atoms with Crippen LogP contribution in [0.25, 0.3) is 0 Å². The summed E-state index contributed by atoms with van der Waals surface area (Å²) >= 11 is 41.2. The molecule has 0 aromatic heterocycles. The van der Waals surface area contributed by atoms with Gasteiger partial charge in [-0.2, -0.15) is 0 Å². The first-order valence-corrected chi connectivity index (χ1v) is 43.2. The van der Waals surface area contributed by atoms with Crippen molar-refractivity contribution in [3.05, 3.63) is 216 Å². The van der Waals surface area contributed by atoms with Crippen LogP contribution in [-0.2, 0) is 13.0 Å². The van der Waals surface area contributed by atoms with E-state index in [4.69, 9.17) is 98.4 Å². The molecule has 0 fully saturated rings. The minimum atomic E-state index is -0.178. The molecule has 7 heterocycles. The Morgan fingerprint density at radius 1 is 0.402 bits per heavy atom. The monoisotopic (exact) mass is 1870 g/mol. The van der Waals surface area contributed by atoms with Crippen LogP contribution in [-0.4, -0.2) is 222 Å². The predicted molar refractivity (Wildman–Crippen MR) is 537 cm³/mol. The Bertz CT molecular complexity index is 5220. The van der Waals surface area contributed by atoms with Gasteiger partial charge in [0.25, 0.3) is 0 Å². The first-order chi connectivity index (χ1) is 60.3. The molecule has 0 bridgehead atoms. The summed E-state index contributed by atoms with van der Waals surface area (Å²) in [5.74, 6) is 9.68. The zero-order valence-electron chi connectivity index (χ0n) is 74.4. The van der Waals surface area contributed by atoms with Gasteiger partial charge in [-0.15, -0.1) is 0 Å². The smallest absolute Gasteiger partial charge is 0.209 e. The predicted octanol–water partition coefficient (Wildman–Crippen LogP) is 13.1. The van der Waals surface area contributed by atoms with Gasteiger partial charge < -0.3 is 73.6 Å². The van der Waals surface area contributed by atoms with E-state index in [1.807, 2.05) is 293 Å². The van der Waals surface area contributed by atoms with Crippen molar-refractivity contribution in [2.75, 3.05) is 95.7 Å². The molecule has 0 spiro atoms. The Morgan fingerprint density at radius 2 is 0.843 bits per heavy atom. The quantitative estimate of drug-likeness (QED) is 0.0572. The molecule has 0 saturated carbocycles. The van der Waals surface area contributed by atoms with Crippen molar-refractivity contribution in [1.29, 1.82) is 0 Å². The number of halogens is 7. The Labute approximate surface area is 779 Å². The molecule has 17 N–H and O–H groups in total. The molecule has 0 aliphatic carbocycles. The summed E-state index contributed by atoms with van der Waals surface area (Å²) < 4.78 is 0. The standard InChI is InChI=1S/C14H20ClN5.2C13H18ClN5.C13H17ClN4.C12H16ClN5.C11H14ClN5.C10H12ClN5/c1-10-16-13(18(2)3)20(5)14(17-10)19(4)12-8-6-11(15)7-9-12;1-9-15-12(18(2)3)17-13(16-9)19(4)11-7-5-10(14)6-8-11;1-8(2)15-12-16-9(3)17-13(19-12)18-11-6-4-5-10(14)7-11;1-9-17-12(15)8-13(18-9)16-6-5-10-3-2-4-11(14)7-10;1-8-14-11(17-12(15-8)18(2)3)16-10-6-4-9(13)5-7-10;1-7-15-10(13)17-11(16-7)14-6-8-2-4-9(12)5-3-8;1-6-13-9(12)16-10(14-6)15-8-4-2-3-7(11)5-8/h6-10H,1-5H3;5-9H,1-4H3,(H,15,16,17);4-9H,1-3H3,(H3,15,16,17,18,19);2-4,7,9H,5-6,8H2,1H3,(H2,15,17)(H,16,18);4-8H,1-3H3,(H2,14,15,16,17);2-5,7H,6H2,1H3,(H4,13,14,15,16,17);2-6H,1H3,(H4,12,13,14,15,16). The van der Waals surface area contributed by atoms with Crippen LogP contribution in [0.3, 0.4) is 0 Å². The lowest BCUT2D eigenvalue weighted by Gasteiger charge is -2.35. The highest BCUT2D eigenvalue weighted by Gasteiger charge is 2.26. The fraction of sp³-hybridized carbons (Fsp3) is 0.349. The molecule has 0 saturated heterocycles. The van der Waals surface area contributed by atoms with E-state index in [1.54, 1.807) is 12.1 Å². The summed E-state index contributed by atoms with van der Waals surface area (Å²) in [6.07, 6.45) is 0.864. The summed E-state index contributed by atoms with van der Waals surface area (Å²) in [4.78, 5) is 72.8. The topological polar surface area (TPSA) is 403 Å². The first-order valence-electron chi connectivity index (χ1n) is 40.6. The summed E-state index contributed by atoms with van der Waals surface area (Å²) in [6, 6.07) is 53.4. The van der Waals surface area contributed by atoms with Crippen molar-refractivity contribution in [2.45, 2.75) is 131 Å². The lowest BCUT2D eigenvalue weighted by Crippen LogP contribution is -2.52. The second-order valence-electron chi connectivity index (χ2n) is 29.9. The SMILES string of the molecule is CC1N=C(N(C)C)N(C)C(N(C)c2ccc(Cl)cc2)=N1.CC1N=C(N(C)C)NC(N(C)c2ccc(Cl)cc2)=N1.CC1N=C(N)CC(=NCCc2cccc(Cl)c2)N1.CC1N=C(N)NC(=NCc2ccc(Cl)cc2)N1.CC1N=C(N)NC(Nc2cccc(Cl)c2)=N1.CC1N=C(Nc2ccc(Cl)cc2)NC(N(C)C)=N1.CC1N=C(Nc2cccc(Cl)c2)NC(NC(C)C)=N1. The van der Waals surface area contributed by atoms with Gasteiger partial charge in [0, 0.05) is 140 Å². The number of nitrogens with two attached hydrogens (primary N) is 3. The molecule has 7 unspecified atom stereocenters. The Kier molecular flexibility index (Phi) is 39.3. The second kappa shape index (κ2) is 49.7. The number of benzene rings is 7. The molecule has 0 amide bonds. The van der Waals surface area contributed by atoms with Gasteiger partial charge in [-0.3, -0.25) is 36.5 Å². The Balaban J connectivity index is 0.000000183. The minimum Gasteiger partial charge on any atom is -0.387 e. The van der Waals surface area contributed by atoms with Crippen LogP contribution >= 0.6 is 81.2 Å². The Morgan fingerprint density at radius 3 is 1.36 bits per heavy atom. The molecule has 7 aliphatic heterocycles. The van der Waals surface area contributed by atoms with Crippen molar-refractivity contribution in [3.63, 3.8) is 0 Å². The van der Waals surface area contributed by atoms with E-state index >= 15 is 0 Å². The van der Waals surface area contributed by atoms with Gasteiger partial charge >= 0.3 is 0 Å². The van der Waals surface area contributed by atoms with Gasteiger partial charge in [-0.25, -0.2) is 64.9 Å². The molecule has 0 radical (unpaired) electrons. The number of rotatable bonds is 11. The van der Waals surface area contributed by atoms with Gasteiger partial charge in [-0.1, -0.05) is 118 Å². The summed E-state index contributed by atoms with van der Waals surface area (Å²) in [7, 11) is 17.6. The normalized spacial score (nSPS) is 19.4. The third kappa shape index (κ3) is 35.4. The second-order valence-corrected chi connectivity index (χ2v) is 32.9. The molecule has 7 atom stereocenters. The average molecular weight is 1870 g/mol. The van der Waals surface area contributed by atoms with Gasteiger partial charge in [0.2, 0.25) is 47.7 Å². The molecular weight excluding hydrogens is 1760 g/mol. The summed E-state index contributed by atoms with van der Waals surface area (Å²) in [6.45, 7) is 18.9. The van der Waals surface area contributed by atoms with E-state index in [9.17, 15) is 0 Å². The van der Waals surface area contributed by atoms with Crippen molar-refractivity contribution in [3.8, 4) is 0 Å². The van der Waals surface area contributed by atoms with E-state index in [0.29, 0.717) is 75.7 Å². The van der Waals surface area contributed by atoms with Crippen LogP contribution < -0.4 is 85.5 Å². The number of anilines is 5. The molecule has 7 aromatic carbocycles. The zero-order valence-corrected chi connectivity index (χ0v) is 79.7. The van der Waals surface area contributed by atoms with E-state index in [2.05, 4.69) is 148 Å². The summed E-state index contributed by atoms with van der Waals surface area (Å²) in [5, 5.41) is 39.1. The van der Waals surface area contributed by atoms with Gasteiger partial charge in [0.15, 0.2) is 23.8 Å². The van der Waals surface area contributed by atoms with E-state index in [0.717, 1.165) is 109 Å². The minimum absolute atomic E-state index is 0.0173. The number of hydrogen-bond acceptors (Lipinski definition) is 31. The molecule has 7 aliphatic rings. The van der Waals surface area contributed by atoms with Gasteiger partial charge in [0.1, 0.15) is 54.8 Å². The van der Waals surface area contributed by atoms with Crippen molar-refractivity contribution >= 4 is 193 Å². The van der Waals surface area contributed by atoms with Gasteiger partial charge in [0.05, 0.1) is 13.0 Å². The maximum absolute atomic E-state index is 5.95. The average Bonchev–Trinajstić information content (AvgIpc) is 0.815. The number of hydrogen-bond donors (Lipinski definition) is 14. The van der Waals surface area contributed by atoms with E-state index in [1.165, 1.54) is 5.56 Å². The highest BCUT2D eigenvalue weighted by Crippen LogP contribution is 2.24. The van der Waals surface area contributed by atoms with Crippen LogP contribution in [0.5, 0.6) is 0 Å². The van der Waals surface area contributed by atoms with Crippen LogP contribution in [0.2, 0.25) is 35.2 Å². The summed E-state index contributed by atoms with van der Waals surface area (Å²) in [5.41, 5.74) is 23.9. The Hall–Kier alpha value is -12.1. The van der Waals surface area contributed by atoms with E-state index < -0.39 is 0 Å². The van der Waals surface area contributed by atoms with Crippen molar-refractivity contribution in [1.82, 2.24) is 62.1 Å². The van der Waals surface area contributed by atoms with Crippen LogP contribution in [0.4, 0.5) is 28.4 Å². The molecular formula is C86H115Cl7N34. The molecule has 678 valence electrons.